The SMILES string of the molecule is Cn1ccnc1[C@@H](NC(=O)Cn1ccccc1=O)c1ccccc1F. The van der Waals surface area contributed by atoms with Gasteiger partial charge in [-0.25, -0.2) is 9.37 Å². The van der Waals surface area contributed by atoms with Crippen molar-refractivity contribution in [2.75, 3.05) is 0 Å². The Morgan fingerprint density at radius 3 is 2.64 bits per heavy atom. The number of hydrogen-bond acceptors (Lipinski definition) is 3. The minimum atomic E-state index is -0.756. The summed E-state index contributed by atoms with van der Waals surface area (Å²) in [4.78, 5) is 28.4. The van der Waals surface area contributed by atoms with Crippen LogP contribution in [0, 0.1) is 5.82 Å². The molecule has 2 heterocycles. The monoisotopic (exact) mass is 340 g/mol. The quantitative estimate of drug-likeness (QED) is 0.767. The van der Waals surface area contributed by atoms with Gasteiger partial charge in [-0.1, -0.05) is 24.3 Å². The van der Waals surface area contributed by atoms with Crippen molar-refractivity contribution in [1.29, 1.82) is 0 Å². The van der Waals surface area contributed by atoms with E-state index in [2.05, 4.69) is 10.3 Å². The molecule has 25 heavy (non-hydrogen) atoms. The smallest absolute Gasteiger partial charge is 0.250 e. The summed E-state index contributed by atoms with van der Waals surface area (Å²) in [6.45, 7) is -0.158. The molecule has 1 aromatic carbocycles. The van der Waals surface area contributed by atoms with Crippen LogP contribution in [0.1, 0.15) is 17.4 Å². The minimum Gasteiger partial charge on any atom is -0.340 e. The standard InChI is InChI=1S/C18H17FN4O2/c1-22-11-9-20-18(22)17(13-6-2-3-7-14(13)19)21-15(24)12-23-10-5-4-8-16(23)25/h2-11,17H,12H2,1H3,(H,21,24)/t17-/m0/s1. The lowest BCUT2D eigenvalue weighted by Crippen LogP contribution is -2.36. The van der Waals surface area contributed by atoms with Crippen LogP contribution in [-0.4, -0.2) is 20.0 Å². The molecule has 7 heteroatoms. The third-order valence-electron chi connectivity index (χ3n) is 3.85. The van der Waals surface area contributed by atoms with Gasteiger partial charge in [-0.3, -0.25) is 9.59 Å². The van der Waals surface area contributed by atoms with E-state index in [1.807, 2.05) is 0 Å². The van der Waals surface area contributed by atoms with Gasteiger partial charge in [0.25, 0.3) is 5.56 Å². The maximum absolute atomic E-state index is 14.3. The summed E-state index contributed by atoms with van der Waals surface area (Å²) in [5, 5.41) is 2.77. The summed E-state index contributed by atoms with van der Waals surface area (Å²) in [5.74, 6) is -0.351. The number of nitrogens with zero attached hydrogens (tertiary/aromatic N) is 3. The van der Waals surface area contributed by atoms with Crippen LogP contribution in [0.2, 0.25) is 0 Å². The number of aromatic nitrogens is 3. The topological polar surface area (TPSA) is 68.9 Å². The molecule has 2 aromatic heterocycles. The molecule has 0 spiro atoms. The predicted octanol–water partition coefficient (Wildman–Crippen LogP) is 1.63. The Bertz CT molecular complexity index is 948. The molecule has 6 nitrogen and oxygen atoms in total. The second kappa shape index (κ2) is 7.12. The number of rotatable bonds is 5. The largest absolute Gasteiger partial charge is 0.340 e. The second-order valence-corrected chi connectivity index (χ2v) is 5.59. The lowest BCUT2D eigenvalue weighted by molar-refractivity contribution is -0.122. The highest BCUT2D eigenvalue weighted by Gasteiger charge is 2.23. The molecule has 0 aliphatic carbocycles. The van der Waals surface area contributed by atoms with Crippen molar-refractivity contribution in [3.05, 3.63) is 88.6 Å². The average molecular weight is 340 g/mol. The summed E-state index contributed by atoms with van der Waals surface area (Å²) in [5.41, 5.74) is 0.0302. The number of pyridine rings is 1. The second-order valence-electron chi connectivity index (χ2n) is 5.59. The third kappa shape index (κ3) is 3.65. The molecule has 0 fully saturated rings. The molecular formula is C18H17FN4O2. The molecule has 1 amide bonds. The van der Waals surface area contributed by atoms with Gasteiger partial charge in [0.05, 0.1) is 0 Å². The van der Waals surface area contributed by atoms with Crippen LogP contribution < -0.4 is 10.9 Å². The van der Waals surface area contributed by atoms with Gasteiger partial charge in [0.1, 0.15) is 24.2 Å². The normalized spacial score (nSPS) is 11.9. The fraction of sp³-hybridized carbons (Fsp3) is 0.167. The first-order chi connectivity index (χ1) is 12.1. The van der Waals surface area contributed by atoms with E-state index in [0.717, 1.165) is 0 Å². The van der Waals surface area contributed by atoms with Gasteiger partial charge in [-0.05, 0) is 12.1 Å². The van der Waals surface area contributed by atoms with Crippen molar-refractivity contribution in [2.45, 2.75) is 12.6 Å². The maximum atomic E-state index is 14.3. The number of hydrogen-bond donors (Lipinski definition) is 1. The summed E-state index contributed by atoms with van der Waals surface area (Å²) < 4.78 is 17.3. The van der Waals surface area contributed by atoms with Crippen molar-refractivity contribution in [1.82, 2.24) is 19.4 Å². The van der Waals surface area contributed by atoms with Crippen molar-refractivity contribution < 1.29 is 9.18 Å². The summed E-state index contributed by atoms with van der Waals surface area (Å²) >= 11 is 0. The van der Waals surface area contributed by atoms with Crippen LogP contribution in [0.3, 0.4) is 0 Å². The van der Waals surface area contributed by atoms with Crippen LogP contribution in [0.15, 0.2) is 65.8 Å². The van der Waals surface area contributed by atoms with Gasteiger partial charge in [-0.15, -0.1) is 0 Å². The Balaban J connectivity index is 1.90. The maximum Gasteiger partial charge on any atom is 0.250 e. The van der Waals surface area contributed by atoms with Gasteiger partial charge in [-0.2, -0.15) is 0 Å². The molecule has 3 aromatic rings. The molecular weight excluding hydrogens is 323 g/mol. The van der Waals surface area contributed by atoms with Crippen molar-refractivity contribution in [2.24, 2.45) is 7.05 Å². The summed E-state index contributed by atoms with van der Waals surface area (Å²) in [7, 11) is 1.77. The Kier molecular flexibility index (Phi) is 4.74. The number of carbonyl (C=O) groups is 1. The Morgan fingerprint density at radius 1 is 1.20 bits per heavy atom. The van der Waals surface area contributed by atoms with E-state index in [4.69, 9.17) is 0 Å². The molecule has 0 aliphatic rings. The van der Waals surface area contributed by atoms with Gasteiger partial charge in [0.2, 0.25) is 5.91 Å². The lowest BCUT2D eigenvalue weighted by Gasteiger charge is -2.20. The molecule has 0 saturated carbocycles. The molecule has 1 N–H and O–H groups in total. The summed E-state index contributed by atoms with van der Waals surface area (Å²) in [6, 6.07) is 10.1. The van der Waals surface area contributed by atoms with E-state index < -0.39 is 17.8 Å². The molecule has 3 rings (SSSR count). The van der Waals surface area contributed by atoms with Gasteiger partial charge < -0.3 is 14.5 Å². The lowest BCUT2D eigenvalue weighted by atomic mass is 10.1. The number of nitrogens with one attached hydrogen (secondary N) is 1. The highest BCUT2D eigenvalue weighted by atomic mass is 19.1. The van der Waals surface area contributed by atoms with Crippen molar-refractivity contribution >= 4 is 5.91 Å². The Morgan fingerprint density at radius 2 is 1.96 bits per heavy atom. The number of amides is 1. The zero-order valence-electron chi connectivity index (χ0n) is 13.6. The van der Waals surface area contributed by atoms with E-state index in [-0.39, 0.29) is 12.1 Å². The molecule has 0 unspecified atom stereocenters. The molecule has 0 radical (unpaired) electrons. The number of aryl methyl sites for hydroxylation is 1. The fourth-order valence-corrected chi connectivity index (χ4v) is 2.60. The molecule has 128 valence electrons. The van der Waals surface area contributed by atoms with Crippen LogP contribution >= 0.6 is 0 Å². The van der Waals surface area contributed by atoms with Crippen molar-refractivity contribution in [3.8, 4) is 0 Å². The van der Waals surface area contributed by atoms with E-state index in [1.165, 1.54) is 22.9 Å². The van der Waals surface area contributed by atoms with Gasteiger partial charge >= 0.3 is 0 Å². The van der Waals surface area contributed by atoms with Gasteiger partial charge in [0, 0.05) is 37.3 Å². The van der Waals surface area contributed by atoms with E-state index in [1.54, 1.807) is 54.3 Å². The Labute approximate surface area is 143 Å². The first kappa shape index (κ1) is 16.6. The summed E-state index contributed by atoms with van der Waals surface area (Å²) in [6.07, 6.45) is 4.83. The minimum absolute atomic E-state index is 0.158. The molecule has 0 saturated heterocycles. The number of carbonyl (C=O) groups excluding carboxylic acids is 1. The number of halogens is 1. The molecule has 0 aliphatic heterocycles. The molecule has 0 bridgehead atoms. The van der Waals surface area contributed by atoms with E-state index >= 15 is 0 Å². The first-order valence-corrected chi connectivity index (χ1v) is 7.73. The number of benzene rings is 1. The Hall–Kier alpha value is -3.22. The van der Waals surface area contributed by atoms with Gasteiger partial charge in [0.15, 0.2) is 0 Å². The van der Waals surface area contributed by atoms with Crippen LogP contribution in [0.5, 0.6) is 0 Å². The number of imidazole rings is 1. The average Bonchev–Trinajstić information content (AvgIpc) is 3.01. The van der Waals surface area contributed by atoms with Crippen molar-refractivity contribution in [3.63, 3.8) is 0 Å². The van der Waals surface area contributed by atoms with Crippen LogP contribution in [0.25, 0.3) is 0 Å². The predicted molar refractivity (Wildman–Crippen MR) is 90.3 cm³/mol. The van der Waals surface area contributed by atoms with E-state index in [9.17, 15) is 14.0 Å². The zero-order valence-corrected chi connectivity index (χ0v) is 13.6. The highest BCUT2D eigenvalue weighted by molar-refractivity contribution is 5.76. The molecule has 1 atom stereocenters. The zero-order chi connectivity index (χ0) is 17.8. The third-order valence-corrected chi connectivity index (χ3v) is 3.85. The van der Waals surface area contributed by atoms with Crippen LogP contribution in [0.4, 0.5) is 4.39 Å². The van der Waals surface area contributed by atoms with Crippen LogP contribution in [-0.2, 0) is 18.4 Å². The fourth-order valence-electron chi connectivity index (χ4n) is 2.60. The van der Waals surface area contributed by atoms with E-state index in [0.29, 0.717) is 11.4 Å². The first-order valence-electron chi connectivity index (χ1n) is 7.73. The highest BCUT2D eigenvalue weighted by Crippen LogP contribution is 2.23.